The van der Waals surface area contributed by atoms with Gasteiger partial charge in [-0.05, 0) is 30.9 Å². The van der Waals surface area contributed by atoms with Gasteiger partial charge in [0.1, 0.15) is 0 Å². The molecule has 0 bridgehead atoms. The van der Waals surface area contributed by atoms with E-state index in [1.807, 2.05) is 0 Å². The van der Waals surface area contributed by atoms with Gasteiger partial charge in [0, 0.05) is 26.2 Å². The predicted molar refractivity (Wildman–Crippen MR) is 81.6 cm³/mol. The van der Waals surface area contributed by atoms with E-state index in [9.17, 15) is 0 Å². The first-order valence-corrected chi connectivity index (χ1v) is 7.94. The Hall–Kier alpha value is -0.900. The van der Waals surface area contributed by atoms with Gasteiger partial charge in [-0.3, -0.25) is 4.90 Å². The van der Waals surface area contributed by atoms with Crippen molar-refractivity contribution in [3.63, 3.8) is 0 Å². The smallest absolute Gasteiger partial charge is 0.0718 e. The molecule has 0 radical (unpaired) electrons. The molecule has 1 N–H and O–H groups in total. The van der Waals surface area contributed by atoms with E-state index in [1.54, 1.807) is 0 Å². The van der Waals surface area contributed by atoms with Gasteiger partial charge in [-0.2, -0.15) is 0 Å². The van der Waals surface area contributed by atoms with Crippen LogP contribution in [-0.2, 0) is 11.3 Å². The second-order valence-electron chi connectivity index (χ2n) is 6.28. The zero-order chi connectivity index (χ0) is 13.8. The van der Waals surface area contributed by atoms with Crippen molar-refractivity contribution in [2.45, 2.75) is 38.5 Å². The second-order valence-corrected chi connectivity index (χ2v) is 6.28. The minimum Gasteiger partial charge on any atom is -0.373 e. The van der Waals surface area contributed by atoms with E-state index in [1.165, 1.54) is 18.5 Å². The summed E-state index contributed by atoms with van der Waals surface area (Å²) >= 11 is 0. The average Bonchev–Trinajstić information content (AvgIpc) is 2.90. The Labute approximate surface area is 122 Å². The van der Waals surface area contributed by atoms with Crippen LogP contribution in [0.4, 0.5) is 0 Å². The van der Waals surface area contributed by atoms with Crippen LogP contribution in [-0.4, -0.2) is 43.3 Å². The fraction of sp³-hybridized carbons (Fsp3) is 0.647. The summed E-state index contributed by atoms with van der Waals surface area (Å²) in [5.41, 5.74) is 1.41. The van der Waals surface area contributed by atoms with Gasteiger partial charge in [-0.1, -0.05) is 37.3 Å². The number of piperidine rings is 1. The maximum atomic E-state index is 6.35. The minimum atomic E-state index is 0.435. The van der Waals surface area contributed by atoms with Crippen LogP contribution in [0.15, 0.2) is 30.3 Å². The summed E-state index contributed by atoms with van der Waals surface area (Å²) in [5.74, 6) is 0.645. The molecule has 0 aromatic heterocycles. The van der Waals surface area contributed by atoms with Gasteiger partial charge in [0.25, 0.3) is 0 Å². The highest BCUT2D eigenvalue weighted by atomic mass is 16.5. The van der Waals surface area contributed by atoms with Crippen LogP contribution in [0.3, 0.4) is 0 Å². The molecule has 3 nitrogen and oxygen atoms in total. The number of hydrogen-bond acceptors (Lipinski definition) is 3. The Morgan fingerprint density at radius 2 is 2.10 bits per heavy atom. The number of likely N-dealkylation sites (tertiary alicyclic amines) is 1. The third-order valence-electron chi connectivity index (χ3n) is 4.55. The lowest BCUT2D eigenvalue weighted by Gasteiger charge is -2.31. The molecular formula is C17H26N2O. The lowest BCUT2D eigenvalue weighted by molar-refractivity contribution is -0.0459. The molecule has 2 aliphatic heterocycles. The van der Waals surface area contributed by atoms with Crippen molar-refractivity contribution in [1.82, 2.24) is 10.2 Å². The van der Waals surface area contributed by atoms with Crippen LogP contribution >= 0.6 is 0 Å². The molecule has 2 fully saturated rings. The molecule has 2 heterocycles. The molecule has 0 amide bonds. The lowest BCUT2D eigenvalue weighted by atomic mass is 9.98. The quantitative estimate of drug-likeness (QED) is 0.911. The maximum Gasteiger partial charge on any atom is 0.0718 e. The highest BCUT2D eigenvalue weighted by molar-refractivity contribution is 5.14. The minimum absolute atomic E-state index is 0.435. The van der Waals surface area contributed by atoms with E-state index in [0.717, 1.165) is 32.6 Å². The number of hydrogen-bond donors (Lipinski definition) is 1. The Kier molecular flexibility index (Phi) is 4.71. The van der Waals surface area contributed by atoms with Crippen molar-refractivity contribution in [2.75, 3.05) is 26.2 Å². The first kappa shape index (κ1) is 14.1. The Morgan fingerprint density at radius 1 is 1.25 bits per heavy atom. The average molecular weight is 274 g/mol. The van der Waals surface area contributed by atoms with Gasteiger partial charge in [0.2, 0.25) is 0 Å². The predicted octanol–water partition coefficient (Wildman–Crippen LogP) is 2.28. The van der Waals surface area contributed by atoms with E-state index in [2.05, 4.69) is 47.5 Å². The van der Waals surface area contributed by atoms with Gasteiger partial charge in [0.15, 0.2) is 0 Å². The third-order valence-corrected chi connectivity index (χ3v) is 4.55. The van der Waals surface area contributed by atoms with Crippen LogP contribution in [0.1, 0.15) is 25.3 Å². The molecule has 110 valence electrons. The molecule has 1 aromatic carbocycles. The molecule has 0 saturated carbocycles. The van der Waals surface area contributed by atoms with E-state index in [0.29, 0.717) is 18.1 Å². The maximum absolute atomic E-state index is 6.35. The first-order valence-electron chi connectivity index (χ1n) is 7.94. The SMILES string of the molecule is CC1CNCCC1OC1CCN(Cc2ccccc2)C1. The molecule has 2 saturated heterocycles. The molecule has 0 spiro atoms. The molecule has 20 heavy (non-hydrogen) atoms. The molecule has 3 atom stereocenters. The summed E-state index contributed by atoms with van der Waals surface area (Å²) < 4.78 is 6.35. The van der Waals surface area contributed by atoms with Crippen molar-refractivity contribution >= 4 is 0 Å². The number of nitrogens with one attached hydrogen (secondary N) is 1. The largest absolute Gasteiger partial charge is 0.373 e. The lowest BCUT2D eigenvalue weighted by Crippen LogP contribution is -2.42. The normalized spacial score (nSPS) is 31.6. The monoisotopic (exact) mass is 274 g/mol. The van der Waals surface area contributed by atoms with Gasteiger partial charge >= 0.3 is 0 Å². The van der Waals surface area contributed by atoms with Gasteiger partial charge in [0.05, 0.1) is 12.2 Å². The molecule has 3 unspecified atom stereocenters. The summed E-state index contributed by atoms with van der Waals surface area (Å²) in [6.07, 6.45) is 3.24. The molecule has 1 aromatic rings. The number of ether oxygens (including phenoxy) is 1. The van der Waals surface area contributed by atoms with Crippen molar-refractivity contribution in [3.8, 4) is 0 Å². The molecular weight excluding hydrogens is 248 g/mol. The van der Waals surface area contributed by atoms with Crippen LogP contribution in [0.2, 0.25) is 0 Å². The molecule has 3 heteroatoms. The summed E-state index contributed by atoms with van der Waals surface area (Å²) in [6, 6.07) is 10.7. The Bertz CT molecular complexity index is 409. The topological polar surface area (TPSA) is 24.5 Å². The fourth-order valence-electron chi connectivity index (χ4n) is 3.33. The fourth-order valence-corrected chi connectivity index (χ4v) is 3.33. The van der Waals surface area contributed by atoms with Crippen molar-refractivity contribution in [1.29, 1.82) is 0 Å². The van der Waals surface area contributed by atoms with E-state index >= 15 is 0 Å². The van der Waals surface area contributed by atoms with Crippen molar-refractivity contribution in [2.24, 2.45) is 5.92 Å². The zero-order valence-electron chi connectivity index (χ0n) is 12.4. The number of benzene rings is 1. The van der Waals surface area contributed by atoms with Gasteiger partial charge in [-0.15, -0.1) is 0 Å². The standard InChI is InChI=1S/C17H26N2O/c1-14-11-18-9-7-17(14)20-16-8-10-19(13-16)12-15-5-3-2-4-6-15/h2-6,14,16-18H,7-13H2,1H3. The molecule has 3 rings (SSSR count). The summed E-state index contributed by atoms with van der Waals surface area (Å²) in [4.78, 5) is 2.52. The summed E-state index contributed by atoms with van der Waals surface area (Å²) in [5, 5.41) is 3.44. The molecule has 0 aliphatic carbocycles. The Morgan fingerprint density at radius 3 is 2.90 bits per heavy atom. The van der Waals surface area contributed by atoms with E-state index in [4.69, 9.17) is 4.74 Å². The Balaban J connectivity index is 1.47. The molecule has 2 aliphatic rings. The van der Waals surface area contributed by atoms with Crippen LogP contribution in [0, 0.1) is 5.92 Å². The van der Waals surface area contributed by atoms with Crippen LogP contribution in [0.25, 0.3) is 0 Å². The van der Waals surface area contributed by atoms with Gasteiger partial charge in [-0.25, -0.2) is 0 Å². The van der Waals surface area contributed by atoms with Gasteiger partial charge < -0.3 is 10.1 Å². The van der Waals surface area contributed by atoms with Crippen LogP contribution in [0.5, 0.6) is 0 Å². The van der Waals surface area contributed by atoms with E-state index < -0.39 is 0 Å². The van der Waals surface area contributed by atoms with Crippen LogP contribution < -0.4 is 5.32 Å². The highest BCUT2D eigenvalue weighted by Gasteiger charge is 2.29. The second kappa shape index (κ2) is 6.70. The first-order chi connectivity index (χ1) is 9.81. The number of rotatable bonds is 4. The number of nitrogens with zero attached hydrogens (tertiary/aromatic N) is 1. The summed E-state index contributed by atoms with van der Waals surface area (Å²) in [6.45, 7) is 7.82. The third kappa shape index (κ3) is 3.60. The zero-order valence-corrected chi connectivity index (χ0v) is 12.4. The summed E-state index contributed by atoms with van der Waals surface area (Å²) in [7, 11) is 0. The van der Waals surface area contributed by atoms with Crippen molar-refractivity contribution in [3.05, 3.63) is 35.9 Å². The highest BCUT2D eigenvalue weighted by Crippen LogP contribution is 2.22. The van der Waals surface area contributed by atoms with E-state index in [-0.39, 0.29) is 0 Å². The van der Waals surface area contributed by atoms with Crippen molar-refractivity contribution < 1.29 is 4.74 Å².